The lowest BCUT2D eigenvalue weighted by molar-refractivity contribution is -0.394. The Bertz CT molecular complexity index is 1320. The number of nitro groups is 2. The third-order valence-corrected chi connectivity index (χ3v) is 4.73. The molecule has 0 saturated carbocycles. The summed E-state index contributed by atoms with van der Waals surface area (Å²) >= 11 is 0. The Kier molecular flexibility index (Phi) is 8.13. The molecule has 186 valence electrons. The Hall–Kier alpha value is -5.00. The van der Waals surface area contributed by atoms with Gasteiger partial charge in [0.15, 0.2) is 18.1 Å². The smallest absolute Gasteiger partial charge is 0.318 e. The first-order valence-electron chi connectivity index (χ1n) is 10.5. The van der Waals surface area contributed by atoms with Gasteiger partial charge in [-0.05, 0) is 66.9 Å². The molecule has 0 aliphatic heterocycles. The van der Waals surface area contributed by atoms with E-state index in [1.54, 1.807) is 6.07 Å². The normalized spacial score (nSPS) is 10.6. The highest BCUT2D eigenvalue weighted by Crippen LogP contribution is 2.38. The quantitative estimate of drug-likeness (QED) is 0.246. The van der Waals surface area contributed by atoms with E-state index >= 15 is 0 Å². The molecule has 0 atom stereocenters. The first-order valence-corrected chi connectivity index (χ1v) is 10.5. The SMILES string of the molecule is COc1cc(/C=N/NC(=O)COc2cc(C)cc(C)c2)ccc1Oc1ccc([N+](=O)[O-])cc1[N+](=O)[O-]. The zero-order valence-corrected chi connectivity index (χ0v) is 19.6. The van der Waals surface area contributed by atoms with Crippen LogP contribution in [0.1, 0.15) is 16.7 Å². The van der Waals surface area contributed by atoms with E-state index in [0.29, 0.717) is 11.3 Å². The van der Waals surface area contributed by atoms with Crippen LogP contribution >= 0.6 is 0 Å². The highest BCUT2D eigenvalue weighted by Gasteiger charge is 2.22. The number of benzene rings is 3. The largest absolute Gasteiger partial charge is 0.493 e. The molecule has 0 radical (unpaired) electrons. The number of carbonyl (C=O) groups is 1. The number of ether oxygens (including phenoxy) is 3. The number of amides is 1. The minimum atomic E-state index is -0.775. The molecule has 0 aliphatic rings. The molecule has 0 saturated heterocycles. The Morgan fingerprint density at radius 2 is 1.64 bits per heavy atom. The third kappa shape index (κ3) is 6.76. The van der Waals surface area contributed by atoms with Crippen LogP contribution in [0.4, 0.5) is 11.4 Å². The average Bonchev–Trinajstić information content (AvgIpc) is 2.83. The first kappa shape index (κ1) is 25.6. The minimum absolute atomic E-state index is 0.137. The van der Waals surface area contributed by atoms with Crippen molar-refractivity contribution in [3.63, 3.8) is 0 Å². The number of nitrogens with zero attached hydrogens (tertiary/aromatic N) is 3. The lowest BCUT2D eigenvalue weighted by Crippen LogP contribution is -2.24. The van der Waals surface area contributed by atoms with Crippen LogP contribution in [0.25, 0.3) is 0 Å². The second-order valence-electron chi connectivity index (χ2n) is 7.58. The molecule has 0 aliphatic carbocycles. The molecule has 0 unspecified atom stereocenters. The van der Waals surface area contributed by atoms with E-state index < -0.39 is 27.1 Å². The van der Waals surface area contributed by atoms with Crippen molar-refractivity contribution in [2.75, 3.05) is 13.7 Å². The molecule has 3 rings (SSSR count). The standard InChI is InChI=1S/C24H22N4O8/c1-15-8-16(2)10-19(9-15)35-14-24(29)26-25-13-17-4-6-22(23(11-17)34-3)36-21-7-5-18(27(30)31)12-20(21)28(32)33/h4-13H,14H2,1-3H3,(H,26,29)/b25-13+. The maximum Gasteiger partial charge on any atom is 0.318 e. The van der Waals surface area contributed by atoms with Gasteiger partial charge >= 0.3 is 5.69 Å². The number of hydrazone groups is 1. The van der Waals surface area contributed by atoms with Crippen molar-refractivity contribution in [2.45, 2.75) is 13.8 Å². The van der Waals surface area contributed by atoms with Gasteiger partial charge < -0.3 is 14.2 Å². The van der Waals surface area contributed by atoms with Gasteiger partial charge in [0, 0.05) is 6.07 Å². The molecule has 0 spiro atoms. The third-order valence-electron chi connectivity index (χ3n) is 4.73. The van der Waals surface area contributed by atoms with Gasteiger partial charge in [0.05, 0.1) is 29.2 Å². The van der Waals surface area contributed by atoms with Crippen molar-refractivity contribution in [3.05, 3.63) is 91.5 Å². The fraction of sp³-hybridized carbons (Fsp3) is 0.167. The predicted molar refractivity (Wildman–Crippen MR) is 130 cm³/mol. The first-order chi connectivity index (χ1) is 17.2. The van der Waals surface area contributed by atoms with Crippen LogP contribution in [-0.2, 0) is 4.79 Å². The summed E-state index contributed by atoms with van der Waals surface area (Å²) in [6, 6.07) is 13.3. The van der Waals surface area contributed by atoms with E-state index in [0.717, 1.165) is 29.3 Å². The Morgan fingerprint density at radius 1 is 0.944 bits per heavy atom. The number of non-ortho nitro benzene ring substituents is 1. The van der Waals surface area contributed by atoms with Gasteiger partial charge in [-0.3, -0.25) is 25.0 Å². The summed E-state index contributed by atoms with van der Waals surface area (Å²) in [4.78, 5) is 32.8. The second kappa shape index (κ2) is 11.4. The molecule has 3 aromatic carbocycles. The molecule has 0 fully saturated rings. The molecule has 1 N–H and O–H groups in total. The van der Waals surface area contributed by atoms with E-state index in [1.165, 1.54) is 25.5 Å². The van der Waals surface area contributed by atoms with E-state index in [4.69, 9.17) is 14.2 Å². The van der Waals surface area contributed by atoms with E-state index in [-0.39, 0.29) is 23.9 Å². The van der Waals surface area contributed by atoms with Crippen LogP contribution in [0.3, 0.4) is 0 Å². The summed E-state index contributed by atoms with van der Waals surface area (Å²) in [5, 5.41) is 26.1. The average molecular weight is 494 g/mol. The Morgan fingerprint density at radius 3 is 2.28 bits per heavy atom. The van der Waals surface area contributed by atoms with Crippen molar-refractivity contribution in [1.82, 2.24) is 5.43 Å². The van der Waals surface area contributed by atoms with Crippen molar-refractivity contribution in [3.8, 4) is 23.0 Å². The molecule has 12 nitrogen and oxygen atoms in total. The number of aryl methyl sites for hydroxylation is 2. The summed E-state index contributed by atoms with van der Waals surface area (Å²) in [5.41, 5.74) is 3.93. The summed E-state index contributed by atoms with van der Waals surface area (Å²) in [5.74, 6) is 0.290. The monoisotopic (exact) mass is 494 g/mol. The molecule has 0 heterocycles. The van der Waals surface area contributed by atoms with E-state index in [1.807, 2.05) is 32.0 Å². The van der Waals surface area contributed by atoms with Gasteiger partial charge in [-0.1, -0.05) is 6.07 Å². The van der Waals surface area contributed by atoms with Gasteiger partial charge in [0.2, 0.25) is 5.75 Å². The predicted octanol–water partition coefficient (Wildman–Crippen LogP) is 4.45. The summed E-state index contributed by atoms with van der Waals surface area (Å²) < 4.78 is 16.4. The molecule has 36 heavy (non-hydrogen) atoms. The molecule has 0 bridgehead atoms. The highest BCUT2D eigenvalue weighted by atomic mass is 16.6. The lowest BCUT2D eigenvalue weighted by Gasteiger charge is -2.11. The molecule has 12 heteroatoms. The molecular weight excluding hydrogens is 472 g/mol. The van der Waals surface area contributed by atoms with Gasteiger partial charge in [0.25, 0.3) is 11.6 Å². The van der Waals surface area contributed by atoms with Crippen LogP contribution in [0.2, 0.25) is 0 Å². The Balaban J connectivity index is 1.66. The number of nitrogens with one attached hydrogen (secondary N) is 1. The number of nitro benzene ring substituents is 2. The van der Waals surface area contributed by atoms with Gasteiger partial charge in [0.1, 0.15) is 5.75 Å². The van der Waals surface area contributed by atoms with Crippen molar-refractivity contribution >= 4 is 23.5 Å². The number of hydrogen-bond acceptors (Lipinski definition) is 9. The molecule has 3 aromatic rings. The van der Waals surface area contributed by atoms with Gasteiger partial charge in [-0.25, -0.2) is 5.43 Å². The summed E-state index contributed by atoms with van der Waals surface area (Å²) in [7, 11) is 1.37. The number of rotatable bonds is 10. The van der Waals surface area contributed by atoms with Gasteiger partial charge in [-0.15, -0.1) is 0 Å². The number of carbonyl (C=O) groups excluding carboxylic acids is 1. The second-order valence-corrected chi connectivity index (χ2v) is 7.58. The highest BCUT2D eigenvalue weighted by molar-refractivity contribution is 5.83. The van der Waals surface area contributed by atoms with Crippen LogP contribution in [0.15, 0.2) is 59.7 Å². The van der Waals surface area contributed by atoms with Crippen molar-refractivity contribution in [1.29, 1.82) is 0 Å². The van der Waals surface area contributed by atoms with E-state index in [9.17, 15) is 25.0 Å². The zero-order chi connectivity index (χ0) is 26.2. The van der Waals surface area contributed by atoms with Gasteiger partial charge in [-0.2, -0.15) is 5.10 Å². The van der Waals surface area contributed by atoms with Crippen LogP contribution < -0.4 is 19.6 Å². The summed E-state index contributed by atoms with van der Waals surface area (Å²) in [6.45, 7) is 3.65. The Labute approximate surface area is 205 Å². The van der Waals surface area contributed by atoms with Crippen LogP contribution in [-0.4, -0.2) is 35.7 Å². The maximum atomic E-state index is 12.0. The van der Waals surface area contributed by atoms with Crippen LogP contribution in [0.5, 0.6) is 23.0 Å². The van der Waals surface area contributed by atoms with Crippen LogP contribution in [0, 0.1) is 34.1 Å². The summed E-state index contributed by atoms with van der Waals surface area (Å²) in [6.07, 6.45) is 1.37. The van der Waals surface area contributed by atoms with Crippen molar-refractivity contribution in [2.24, 2.45) is 5.10 Å². The molecular formula is C24H22N4O8. The topological polar surface area (TPSA) is 155 Å². The maximum absolute atomic E-state index is 12.0. The number of methoxy groups -OCH3 is 1. The fourth-order valence-electron chi connectivity index (χ4n) is 3.19. The van der Waals surface area contributed by atoms with Crippen molar-refractivity contribution < 1.29 is 28.9 Å². The zero-order valence-electron chi connectivity index (χ0n) is 19.6. The van der Waals surface area contributed by atoms with E-state index in [2.05, 4.69) is 10.5 Å². The lowest BCUT2D eigenvalue weighted by atomic mass is 10.1. The minimum Gasteiger partial charge on any atom is -0.493 e. The molecule has 0 aromatic heterocycles. The fourth-order valence-corrected chi connectivity index (χ4v) is 3.19. The number of hydrogen-bond donors (Lipinski definition) is 1. The molecule has 1 amide bonds.